The molecule has 6 heteroatoms. The normalized spacial score (nSPS) is 18.8. The van der Waals surface area contributed by atoms with Gasteiger partial charge in [0.25, 0.3) is 0 Å². The van der Waals surface area contributed by atoms with E-state index in [0.717, 1.165) is 25.3 Å². The number of sulfone groups is 1. The van der Waals surface area contributed by atoms with Crippen molar-refractivity contribution >= 4 is 18.2 Å². The van der Waals surface area contributed by atoms with Gasteiger partial charge in [-0.2, -0.15) is 0 Å². The summed E-state index contributed by atoms with van der Waals surface area (Å²) in [6.07, 6.45) is 1.12. The highest BCUT2D eigenvalue weighted by molar-refractivity contribution is 7.91. The molecule has 3 rings (SSSR count). The predicted molar refractivity (Wildman–Crippen MR) is 121 cm³/mol. The molecule has 1 aliphatic rings. The van der Waals surface area contributed by atoms with Crippen LogP contribution in [0.15, 0.2) is 58.3 Å². The quantitative estimate of drug-likeness (QED) is 0.601. The van der Waals surface area contributed by atoms with Gasteiger partial charge in [-0.1, -0.05) is 32.9 Å². The topological polar surface area (TPSA) is 46.6 Å². The van der Waals surface area contributed by atoms with Gasteiger partial charge in [-0.05, 0) is 86.0 Å². The second kappa shape index (κ2) is 7.89. The summed E-state index contributed by atoms with van der Waals surface area (Å²) in [4.78, 5) is 2.95. The summed E-state index contributed by atoms with van der Waals surface area (Å²) in [5.74, 6) is 1.22. The standard InChI is InChI=1S/C23H33NO3SSi/c1-23(2,3)29(5,6)27-20-9-13-22(14-10-20)28(25,26)21-11-7-18(8-12-21)19-15-16-24(4)17-19/h7-14,19H,15-17H2,1-6H3/t19-/m1/s1. The number of hydrogen-bond donors (Lipinski definition) is 0. The summed E-state index contributed by atoms with van der Waals surface area (Å²) in [6, 6.07) is 14.3. The second-order valence-corrected chi connectivity index (χ2v) is 16.3. The van der Waals surface area contributed by atoms with Crippen LogP contribution in [0.1, 0.15) is 38.7 Å². The van der Waals surface area contributed by atoms with Gasteiger partial charge >= 0.3 is 0 Å². The molecule has 0 saturated carbocycles. The van der Waals surface area contributed by atoms with Crippen LogP contribution in [-0.4, -0.2) is 41.8 Å². The SMILES string of the molecule is CN1CC[C@@H](c2ccc(S(=O)(=O)c3ccc(O[Si](C)(C)C(C)(C)C)cc3)cc2)C1. The molecule has 1 atom stereocenters. The van der Waals surface area contributed by atoms with Gasteiger partial charge in [0.05, 0.1) is 9.79 Å². The fourth-order valence-electron chi connectivity index (χ4n) is 3.40. The summed E-state index contributed by atoms with van der Waals surface area (Å²) in [6.45, 7) is 13.0. The zero-order valence-corrected chi connectivity index (χ0v) is 20.2. The van der Waals surface area contributed by atoms with E-state index in [0.29, 0.717) is 15.7 Å². The largest absolute Gasteiger partial charge is 0.544 e. The van der Waals surface area contributed by atoms with Crippen LogP contribution in [0.2, 0.25) is 18.1 Å². The van der Waals surface area contributed by atoms with Crippen molar-refractivity contribution in [3.05, 3.63) is 54.1 Å². The van der Waals surface area contributed by atoms with Crippen LogP contribution in [-0.2, 0) is 9.84 Å². The first kappa shape index (κ1) is 22.1. The summed E-state index contributed by atoms with van der Waals surface area (Å²) >= 11 is 0. The number of hydrogen-bond acceptors (Lipinski definition) is 4. The summed E-state index contributed by atoms with van der Waals surface area (Å²) in [5.41, 5.74) is 1.21. The van der Waals surface area contributed by atoms with E-state index in [1.807, 2.05) is 12.1 Å². The third-order valence-electron chi connectivity index (χ3n) is 6.37. The molecule has 1 heterocycles. The number of likely N-dealkylation sites (N-methyl/N-ethyl adjacent to an activating group) is 1. The summed E-state index contributed by atoms with van der Waals surface area (Å²) < 4.78 is 32.3. The lowest BCUT2D eigenvalue weighted by Crippen LogP contribution is -2.43. The van der Waals surface area contributed by atoms with Crippen molar-refractivity contribution in [3.8, 4) is 5.75 Å². The maximum absolute atomic E-state index is 13.0. The Morgan fingerprint density at radius 1 is 0.966 bits per heavy atom. The lowest BCUT2D eigenvalue weighted by atomic mass is 9.99. The Labute approximate surface area is 177 Å². The molecular weight excluding hydrogens is 398 g/mol. The Morgan fingerprint density at radius 3 is 1.93 bits per heavy atom. The van der Waals surface area contributed by atoms with Crippen LogP contribution in [0.5, 0.6) is 5.75 Å². The summed E-state index contributed by atoms with van der Waals surface area (Å²) in [5, 5.41) is 0.0909. The molecule has 2 aromatic rings. The third-order valence-corrected chi connectivity index (χ3v) is 12.5. The molecule has 0 radical (unpaired) electrons. The highest BCUT2D eigenvalue weighted by atomic mass is 32.2. The van der Waals surface area contributed by atoms with E-state index in [1.54, 1.807) is 36.4 Å². The van der Waals surface area contributed by atoms with E-state index in [9.17, 15) is 8.42 Å². The van der Waals surface area contributed by atoms with Crippen molar-refractivity contribution in [2.45, 2.75) is 61.0 Å². The van der Waals surface area contributed by atoms with E-state index in [-0.39, 0.29) is 5.04 Å². The molecule has 1 fully saturated rings. The molecule has 4 nitrogen and oxygen atoms in total. The smallest absolute Gasteiger partial charge is 0.250 e. The monoisotopic (exact) mass is 431 g/mol. The van der Waals surface area contributed by atoms with Crippen LogP contribution in [0.25, 0.3) is 0 Å². The second-order valence-electron chi connectivity index (χ2n) is 9.65. The van der Waals surface area contributed by atoms with Crippen molar-refractivity contribution in [1.29, 1.82) is 0 Å². The minimum Gasteiger partial charge on any atom is -0.544 e. The number of rotatable bonds is 5. The highest BCUT2D eigenvalue weighted by Gasteiger charge is 2.39. The molecule has 29 heavy (non-hydrogen) atoms. The molecule has 0 aromatic heterocycles. The van der Waals surface area contributed by atoms with Crippen molar-refractivity contribution in [2.75, 3.05) is 20.1 Å². The zero-order chi connectivity index (χ0) is 21.4. The van der Waals surface area contributed by atoms with Gasteiger partial charge in [-0.15, -0.1) is 0 Å². The zero-order valence-electron chi connectivity index (χ0n) is 18.4. The van der Waals surface area contributed by atoms with Crippen molar-refractivity contribution in [3.63, 3.8) is 0 Å². The molecule has 2 aromatic carbocycles. The average molecular weight is 432 g/mol. The van der Waals surface area contributed by atoms with Gasteiger partial charge in [0.15, 0.2) is 0 Å². The van der Waals surface area contributed by atoms with Crippen molar-refractivity contribution in [1.82, 2.24) is 4.90 Å². The highest BCUT2D eigenvalue weighted by Crippen LogP contribution is 2.37. The molecule has 0 unspecified atom stereocenters. The predicted octanol–water partition coefficient (Wildman–Crippen LogP) is 5.32. The van der Waals surface area contributed by atoms with Gasteiger partial charge in [0.2, 0.25) is 18.2 Å². The third kappa shape index (κ3) is 4.76. The first-order valence-electron chi connectivity index (χ1n) is 10.2. The molecule has 0 spiro atoms. The van der Waals surface area contributed by atoms with E-state index in [4.69, 9.17) is 4.43 Å². The minimum atomic E-state index is -3.53. The Kier molecular flexibility index (Phi) is 6.00. The Balaban J connectivity index is 1.77. The fourth-order valence-corrected chi connectivity index (χ4v) is 5.69. The van der Waals surface area contributed by atoms with Crippen LogP contribution < -0.4 is 4.43 Å². The Hall–Kier alpha value is -1.63. The Bertz CT molecular complexity index is 945. The Morgan fingerprint density at radius 2 is 1.48 bits per heavy atom. The van der Waals surface area contributed by atoms with Crippen molar-refractivity contribution < 1.29 is 12.8 Å². The average Bonchev–Trinajstić information content (AvgIpc) is 3.07. The number of nitrogens with zero attached hydrogens (tertiary/aromatic N) is 1. The molecule has 0 bridgehead atoms. The molecule has 1 aliphatic heterocycles. The van der Waals surface area contributed by atoms with E-state index < -0.39 is 18.2 Å². The molecule has 158 valence electrons. The van der Waals surface area contributed by atoms with Gasteiger partial charge < -0.3 is 9.33 Å². The lowest BCUT2D eigenvalue weighted by Gasteiger charge is -2.36. The maximum Gasteiger partial charge on any atom is 0.250 e. The first-order chi connectivity index (χ1) is 13.4. The maximum atomic E-state index is 13.0. The van der Waals surface area contributed by atoms with Crippen LogP contribution in [0.3, 0.4) is 0 Å². The van der Waals surface area contributed by atoms with E-state index in [1.165, 1.54) is 5.56 Å². The molecular formula is C23H33NO3SSi. The lowest BCUT2D eigenvalue weighted by molar-refractivity contribution is 0.411. The molecule has 1 saturated heterocycles. The van der Waals surface area contributed by atoms with Gasteiger partial charge in [-0.25, -0.2) is 8.42 Å². The van der Waals surface area contributed by atoms with Crippen molar-refractivity contribution in [2.24, 2.45) is 0 Å². The van der Waals surface area contributed by atoms with Gasteiger partial charge in [0, 0.05) is 6.54 Å². The van der Waals surface area contributed by atoms with Gasteiger partial charge in [0.1, 0.15) is 5.75 Å². The van der Waals surface area contributed by atoms with Crippen LogP contribution in [0.4, 0.5) is 0 Å². The minimum absolute atomic E-state index is 0.0909. The van der Waals surface area contributed by atoms with Crippen LogP contribution >= 0.6 is 0 Å². The number of likely N-dealkylation sites (tertiary alicyclic amines) is 1. The number of benzene rings is 2. The van der Waals surface area contributed by atoms with Crippen LogP contribution in [0, 0.1) is 0 Å². The summed E-state index contributed by atoms with van der Waals surface area (Å²) in [7, 11) is -3.36. The first-order valence-corrected chi connectivity index (χ1v) is 14.6. The fraction of sp³-hybridized carbons (Fsp3) is 0.478. The molecule has 0 aliphatic carbocycles. The molecule has 0 amide bonds. The molecule has 0 N–H and O–H groups in total. The van der Waals surface area contributed by atoms with Gasteiger partial charge in [-0.3, -0.25) is 0 Å². The van der Waals surface area contributed by atoms with E-state index in [2.05, 4.69) is 45.8 Å². The van der Waals surface area contributed by atoms with E-state index >= 15 is 0 Å².